The van der Waals surface area contributed by atoms with Crippen LogP contribution in [0.25, 0.3) is 0 Å². The fraction of sp³-hybridized carbons (Fsp3) is 0.562. The smallest absolute Gasteiger partial charge is 0.321 e. The molecule has 2 atom stereocenters. The first-order valence-corrected chi connectivity index (χ1v) is 9.39. The quantitative estimate of drug-likeness (QED) is 0.906. The highest BCUT2D eigenvalue weighted by atomic mass is 32.2. The lowest BCUT2D eigenvalue weighted by atomic mass is 10.2. The normalized spacial score (nSPS) is 17.1. The van der Waals surface area contributed by atoms with Crippen LogP contribution < -0.4 is 10.2 Å². The SMILES string of the molecule is C[C@H](C[S@](C)=O)N(C)C(=O)Nc1cccc(N2CCCC2)c1. The summed E-state index contributed by atoms with van der Waals surface area (Å²) in [6, 6.07) is 7.72. The van der Waals surface area contributed by atoms with Crippen molar-refractivity contribution in [1.82, 2.24) is 4.90 Å². The highest BCUT2D eigenvalue weighted by Gasteiger charge is 2.18. The van der Waals surface area contributed by atoms with E-state index in [-0.39, 0.29) is 12.1 Å². The summed E-state index contributed by atoms with van der Waals surface area (Å²) < 4.78 is 11.3. The standard InChI is InChI=1S/C16H25N3O2S/c1-13(12-22(3)21)18(2)16(20)17-14-7-6-8-15(11-14)19-9-4-5-10-19/h6-8,11,13H,4-5,9-10,12H2,1-3H3,(H,17,20)/t13-,22+/m1/s1. The van der Waals surface area contributed by atoms with E-state index in [2.05, 4.69) is 16.3 Å². The molecule has 122 valence electrons. The second kappa shape index (κ2) is 7.63. The van der Waals surface area contributed by atoms with E-state index in [1.54, 1.807) is 18.2 Å². The minimum absolute atomic E-state index is 0.0624. The minimum Gasteiger partial charge on any atom is -0.371 e. The maximum atomic E-state index is 12.3. The summed E-state index contributed by atoms with van der Waals surface area (Å²) in [4.78, 5) is 16.2. The van der Waals surface area contributed by atoms with Crippen LogP contribution >= 0.6 is 0 Å². The van der Waals surface area contributed by atoms with Crippen LogP contribution in [0.15, 0.2) is 24.3 Å². The van der Waals surface area contributed by atoms with Gasteiger partial charge in [0.25, 0.3) is 0 Å². The van der Waals surface area contributed by atoms with Crippen LogP contribution in [0.5, 0.6) is 0 Å². The summed E-state index contributed by atoms with van der Waals surface area (Å²) in [5, 5.41) is 2.92. The van der Waals surface area contributed by atoms with Gasteiger partial charge in [-0.05, 0) is 38.0 Å². The van der Waals surface area contributed by atoms with Crippen molar-refractivity contribution in [1.29, 1.82) is 0 Å². The molecule has 0 aliphatic carbocycles. The van der Waals surface area contributed by atoms with Crippen molar-refractivity contribution in [2.75, 3.05) is 42.4 Å². The van der Waals surface area contributed by atoms with Gasteiger partial charge in [0.1, 0.15) is 0 Å². The highest BCUT2D eigenvalue weighted by molar-refractivity contribution is 7.84. The van der Waals surface area contributed by atoms with E-state index in [9.17, 15) is 9.00 Å². The third-order valence-corrected chi connectivity index (χ3v) is 4.98. The third-order valence-electron chi connectivity index (χ3n) is 4.03. The summed E-state index contributed by atoms with van der Waals surface area (Å²) in [7, 11) is 0.820. The van der Waals surface area contributed by atoms with Crippen molar-refractivity contribution in [3.63, 3.8) is 0 Å². The number of anilines is 2. The molecule has 0 aromatic heterocycles. The number of carbonyl (C=O) groups is 1. The Labute approximate surface area is 135 Å². The van der Waals surface area contributed by atoms with E-state index in [0.717, 1.165) is 24.5 Å². The molecule has 0 radical (unpaired) electrons. The van der Waals surface area contributed by atoms with Gasteiger partial charge >= 0.3 is 6.03 Å². The Morgan fingerprint density at radius 2 is 2.09 bits per heavy atom. The molecule has 1 N–H and O–H groups in total. The van der Waals surface area contributed by atoms with E-state index in [1.165, 1.54) is 12.8 Å². The van der Waals surface area contributed by atoms with Crippen molar-refractivity contribution in [2.45, 2.75) is 25.8 Å². The van der Waals surface area contributed by atoms with Crippen LogP contribution in [0.4, 0.5) is 16.2 Å². The van der Waals surface area contributed by atoms with Crippen molar-refractivity contribution >= 4 is 28.2 Å². The molecule has 1 aromatic carbocycles. The zero-order chi connectivity index (χ0) is 16.1. The molecule has 1 fully saturated rings. The van der Waals surface area contributed by atoms with Gasteiger partial charge in [0.2, 0.25) is 0 Å². The van der Waals surface area contributed by atoms with Gasteiger partial charge in [-0.1, -0.05) is 6.07 Å². The molecule has 1 aliphatic rings. The fourth-order valence-electron chi connectivity index (χ4n) is 2.62. The summed E-state index contributed by atoms with van der Waals surface area (Å²) in [6.07, 6.45) is 4.11. The van der Waals surface area contributed by atoms with E-state index in [0.29, 0.717) is 5.75 Å². The Hall–Kier alpha value is -1.56. The van der Waals surface area contributed by atoms with Crippen molar-refractivity contribution in [3.05, 3.63) is 24.3 Å². The molecule has 0 saturated carbocycles. The van der Waals surface area contributed by atoms with Crippen LogP contribution in [0.1, 0.15) is 19.8 Å². The molecule has 0 spiro atoms. The van der Waals surface area contributed by atoms with Crippen molar-refractivity contribution in [3.8, 4) is 0 Å². The molecule has 5 nitrogen and oxygen atoms in total. The topological polar surface area (TPSA) is 52.7 Å². The molecule has 0 unspecified atom stereocenters. The summed E-state index contributed by atoms with van der Waals surface area (Å²) in [5.41, 5.74) is 1.95. The third kappa shape index (κ3) is 4.47. The predicted molar refractivity (Wildman–Crippen MR) is 93.1 cm³/mol. The molecule has 1 aliphatic heterocycles. The van der Waals surface area contributed by atoms with Crippen LogP contribution in [-0.2, 0) is 10.8 Å². The zero-order valence-electron chi connectivity index (χ0n) is 13.5. The van der Waals surface area contributed by atoms with Crippen LogP contribution in [0.3, 0.4) is 0 Å². The number of nitrogens with zero attached hydrogens (tertiary/aromatic N) is 2. The fourth-order valence-corrected chi connectivity index (χ4v) is 3.52. The van der Waals surface area contributed by atoms with Gasteiger partial charge in [-0.3, -0.25) is 4.21 Å². The van der Waals surface area contributed by atoms with Crippen LogP contribution in [-0.4, -0.2) is 53.3 Å². The number of urea groups is 1. The van der Waals surface area contributed by atoms with Gasteiger partial charge in [-0.25, -0.2) is 4.79 Å². The molecule has 22 heavy (non-hydrogen) atoms. The Balaban J connectivity index is 1.99. The second-order valence-electron chi connectivity index (χ2n) is 5.87. The van der Waals surface area contributed by atoms with E-state index in [4.69, 9.17) is 0 Å². The Kier molecular flexibility index (Phi) is 5.83. The molecule has 1 saturated heterocycles. The summed E-state index contributed by atoms with van der Waals surface area (Å²) in [5.74, 6) is 0.484. The zero-order valence-corrected chi connectivity index (χ0v) is 14.4. The minimum atomic E-state index is -0.913. The van der Waals surface area contributed by atoms with Gasteiger partial charge in [0, 0.05) is 60.4 Å². The van der Waals surface area contributed by atoms with E-state index in [1.807, 2.05) is 25.1 Å². The Bertz CT molecular complexity index is 544. The monoisotopic (exact) mass is 323 g/mol. The first-order chi connectivity index (χ1) is 10.5. The number of hydrogen-bond acceptors (Lipinski definition) is 3. The van der Waals surface area contributed by atoms with E-state index >= 15 is 0 Å². The number of benzene rings is 1. The van der Waals surface area contributed by atoms with Gasteiger partial charge < -0.3 is 15.1 Å². The van der Waals surface area contributed by atoms with Crippen molar-refractivity contribution < 1.29 is 9.00 Å². The largest absolute Gasteiger partial charge is 0.371 e. The maximum absolute atomic E-state index is 12.3. The lowest BCUT2D eigenvalue weighted by Gasteiger charge is -2.25. The molecular formula is C16H25N3O2S. The first kappa shape index (κ1) is 16.8. The predicted octanol–water partition coefficient (Wildman–Crippen LogP) is 2.52. The number of hydrogen-bond donors (Lipinski definition) is 1. The van der Waals surface area contributed by atoms with Crippen LogP contribution in [0, 0.1) is 0 Å². The summed E-state index contributed by atoms with van der Waals surface area (Å²) >= 11 is 0. The first-order valence-electron chi connectivity index (χ1n) is 7.66. The average molecular weight is 323 g/mol. The number of rotatable bonds is 5. The molecule has 1 aromatic rings. The molecule has 2 amide bonds. The molecule has 0 bridgehead atoms. The Morgan fingerprint density at radius 1 is 1.41 bits per heavy atom. The second-order valence-corrected chi connectivity index (χ2v) is 7.35. The molecule has 1 heterocycles. The van der Waals surface area contributed by atoms with Crippen molar-refractivity contribution in [2.24, 2.45) is 0 Å². The molecule has 2 rings (SSSR count). The van der Waals surface area contributed by atoms with Crippen LogP contribution in [0.2, 0.25) is 0 Å². The number of carbonyl (C=O) groups excluding carboxylic acids is 1. The summed E-state index contributed by atoms with van der Waals surface area (Å²) in [6.45, 7) is 4.06. The number of amides is 2. The number of nitrogens with one attached hydrogen (secondary N) is 1. The average Bonchev–Trinajstić information content (AvgIpc) is 3.00. The Morgan fingerprint density at radius 3 is 2.73 bits per heavy atom. The molecular weight excluding hydrogens is 298 g/mol. The highest BCUT2D eigenvalue weighted by Crippen LogP contribution is 2.23. The lowest BCUT2D eigenvalue weighted by Crippen LogP contribution is -2.40. The van der Waals surface area contributed by atoms with Gasteiger partial charge in [-0.15, -0.1) is 0 Å². The van der Waals surface area contributed by atoms with Gasteiger partial charge in [0.05, 0.1) is 0 Å². The lowest BCUT2D eigenvalue weighted by molar-refractivity contribution is 0.212. The maximum Gasteiger partial charge on any atom is 0.321 e. The molecule has 6 heteroatoms. The van der Waals surface area contributed by atoms with Gasteiger partial charge in [-0.2, -0.15) is 0 Å². The van der Waals surface area contributed by atoms with Gasteiger partial charge in [0.15, 0.2) is 0 Å². The van der Waals surface area contributed by atoms with E-state index < -0.39 is 10.8 Å².